The fraction of sp³-hybridized carbons (Fsp3) is 0.158. The van der Waals surface area contributed by atoms with Crippen LogP contribution in [0.25, 0.3) is 0 Å². The highest BCUT2D eigenvalue weighted by atomic mass is 19.1. The quantitative estimate of drug-likeness (QED) is 0.900. The van der Waals surface area contributed by atoms with E-state index >= 15 is 0 Å². The molecule has 1 aliphatic heterocycles. The molecule has 1 N–H and O–H groups in total. The minimum Gasteiger partial charge on any atom is -0.308 e. The number of amides is 2. The highest BCUT2D eigenvalue weighted by Gasteiger charge is 2.28. The smallest absolute Gasteiger partial charge is 0.308 e. The summed E-state index contributed by atoms with van der Waals surface area (Å²) in [5.41, 5.74) is 2.49. The van der Waals surface area contributed by atoms with E-state index in [4.69, 9.17) is 0 Å². The summed E-state index contributed by atoms with van der Waals surface area (Å²) in [6.45, 7) is 1.97. The van der Waals surface area contributed by atoms with Crippen molar-refractivity contribution in [2.24, 2.45) is 0 Å². The van der Waals surface area contributed by atoms with Gasteiger partial charge in [0.2, 0.25) is 0 Å². The number of urea groups is 1. The molecular weight excluding hydrogens is 307 g/mol. The van der Waals surface area contributed by atoms with Gasteiger partial charge in [0.05, 0.1) is 6.04 Å². The zero-order valence-corrected chi connectivity index (χ0v) is 13.2. The molecule has 2 aromatic rings. The summed E-state index contributed by atoms with van der Waals surface area (Å²) < 4.78 is 13.1. The van der Waals surface area contributed by atoms with Crippen LogP contribution in [-0.2, 0) is 4.79 Å². The van der Waals surface area contributed by atoms with Crippen LogP contribution in [0.3, 0.4) is 0 Å². The van der Waals surface area contributed by atoms with E-state index in [-0.39, 0.29) is 24.1 Å². The third-order valence-electron chi connectivity index (χ3n) is 3.94. The molecule has 0 spiro atoms. The molecule has 0 bridgehead atoms. The molecule has 2 amide bonds. The zero-order valence-electron chi connectivity index (χ0n) is 13.2. The van der Waals surface area contributed by atoms with E-state index in [1.807, 2.05) is 31.2 Å². The van der Waals surface area contributed by atoms with Crippen LogP contribution < -0.4 is 5.32 Å². The molecule has 0 aliphatic carbocycles. The lowest BCUT2D eigenvalue weighted by Gasteiger charge is -2.31. The molecule has 1 heterocycles. The normalized spacial score (nSPS) is 17.0. The van der Waals surface area contributed by atoms with Crippen molar-refractivity contribution in [3.8, 4) is 0 Å². The molecule has 4 nitrogen and oxygen atoms in total. The summed E-state index contributed by atoms with van der Waals surface area (Å²) >= 11 is 0. The van der Waals surface area contributed by atoms with Crippen LogP contribution in [0.2, 0.25) is 0 Å². The van der Waals surface area contributed by atoms with Gasteiger partial charge in [-0.1, -0.05) is 29.8 Å². The van der Waals surface area contributed by atoms with E-state index in [9.17, 15) is 14.0 Å². The summed E-state index contributed by atoms with van der Waals surface area (Å²) in [6.07, 6.45) is 3.03. The molecule has 1 aliphatic rings. The number of carbonyl (C=O) groups excluding carboxylic acids is 2. The SMILES string of the molecule is Cc1ccc(NC(=O)N2C=CC(=O)CC2c2ccc(F)cc2)cc1. The first-order valence-electron chi connectivity index (χ1n) is 7.65. The number of hydrogen-bond donors (Lipinski definition) is 1. The lowest BCUT2D eigenvalue weighted by molar-refractivity contribution is -0.116. The van der Waals surface area contributed by atoms with Crippen molar-refractivity contribution in [1.82, 2.24) is 4.90 Å². The highest BCUT2D eigenvalue weighted by Crippen LogP contribution is 2.29. The van der Waals surface area contributed by atoms with Crippen molar-refractivity contribution in [2.45, 2.75) is 19.4 Å². The van der Waals surface area contributed by atoms with Gasteiger partial charge in [0, 0.05) is 18.3 Å². The Labute approximate surface area is 139 Å². The summed E-state index contributed by atoms with van der Waals surface area (Å²) in [7, 11) is 0. The van der Waals surface area contributed by atoms with Crippen molar-refractivity contribution in [3.05, 3.63) is 77.8 Å². The number of nitrogens with zero attached hydrogens (tertiary/aromatic N) is 1. The number of anilines is 1. The molecule has 1 unspecified atom stereocenters. The summed E-state index contributed by atoms with van der Waals surface area (Å²) in [6, 6.07) is 12.5. The average Bonchev–Trinajstić information content (AvgIpc) is 2.57. The van der Waals surface area contributed by atoms with Crippen LogP contribution in [0, 0.1) is 12.7 Å². The van der Waals surface area contributed by atoms with E-state index in [2.05, 4.69) is 5.32 Å². The van der Waals surface area contributed by atoms with Crippen molar-refractivity contribution in [1.29, 1.82) is 0 Å². The molecule has 0 fully saturated rings. The van der Waals surface area contributed by atoms with Gasteiger partial charge in [-0.25, -0.2) is 9.18 Å². The number of hydrogen-bond acceptors (Lipinski definition) is 2. The Morgan fingerprint density at radius 3 is 2.46 bits per heavy atom. The standard InChI is InChI=1S/C19H17FN2O2/c1-13-2-8-16(9-3-13)21-19(24)22-11-10-17(23)12-18(22)14-4-6-15(20)7-5-14/h2-11,18H,12H2,1H3,(H,21,24). The van der Waals surface area contributed by atoms with Gasteiger partial charge in [0.25, 0.3) is 0 Å². The Morgan fingerprint density at radius 2 is 1.79 bits per heavy atom. The Morgan fingerprint density at radius 1 is 1.12 bits per heavy atom. The van der Waals surface area contributed by atoms with Crippen molar-refractivity contribution in [3.63, 3.8) is 0 Å². The van der Waals surface area contributed by atoms with E-state index in [1.54, 1.807) is 12.1 Å². The fourth-order valence-electron chi connectivity index (χ4n) is 2.62. The second-order valence-corrected chi connectivity index (χ2v) is 5.76. The van der Waals surface area contributed by atoms with Gasteiger partial charge in [-0.05, 0) is 42.8 Å². The van der Waals surface area contributed by atoms with E-state index in [1.165, 1.54) is 29.3 Å². The monoisotopic (exact) mass is 324 g/mol. The van der Waals surface area contributed by atoms with Crippen molar-refractivity contribution >= 4 is 17.5 Å². The fourth-order valence-corrected chi connectivity index (χ4v) is 2.62. The topological polar surface area (TPSA) is 49.4 Å². The lowest BCUT2D eigenvalue weighted by Crippen LogP contribution is -2.37. The van der Waals surface area contributed by atoms with Gasteiger partial charge in [-0.15, -0.1) is 0 Å². The molecule has 122 valence electrons. The molecule has 0 aromatic heterocycles. The maximum absolute atomic E-state index is 13.1. The molecule has 0 saturated heterocycles. The van der Waals surface area contributed by atoms with Crippen LogP contribution in [0.15, 0.2) is 60.8 Å². The van der Waals surface area contributed by atoms with Gasteiger partial charge < -0.3 is 5.32 Å². The first kappa shape index (κ1) is 15.9. The minimum atomic E-state index is -0.450. The predicted octanol–water partition coefficient (Wildman–Crippen LogP) is 4.20. The second-order valence-electron chi connectivity index (χ2n) is 5.76. The van der Waals surface area contributed by atoms with Crippen LogP contribution >= 0.6 is 0 Å². The minimum absolute atomic E-state index is 0.0660. The first-order chi connectivity index (χ1) is 11.5. The molecule has 2 aromatic carbocycles. The summed E-state index contributed by atoms with van der Waals surface area (Å²) in [5, 5.41) is 2.82. The zero-order chi connectivity index (χ0) is 17.1. The van der Waals surface area contributed by atoms with Gasteiger partial charge in [0.1, 0.15) is 5.82 Å². The maximum atomic E-state index is 13.1. The first-order valence-corrected chi connectivity index (χ1v) is 7.65. The Balaban J connectivity index is 1.83. The van der Waals surface area contributed by atoms with Crippen LogP contribution in [0.1, 0.15) is 23.6 Å². The summed E-state index contributed by atoms with van der Waals surface area (Å²) in [4.78, 5) is 25.8. The predicted molar refractivity (Wildman–Crippen MR) is 89.9 cm³/mol. The van der Waals surface area contributed by atoms with Crippen LogP contribution in [-0.4, -0.2) is 16.7 Å². The van der Waals surface area contributed by atoms with E-state index < -0.39 is 6.04 Å². The van der Waals surface area contributed by atoms with Crippen LogP contribution in [0.4, 0.5) is 14.9 Å². The molecule has 1 atom stereocenters. The van der Waals surface area contributed by atoms with Gasteiger partial charge in [-0.2, -0.15) is 0 Å². The average molecular weight is 324 g/mol. The number of aryl methyl sites for hydroxylation is 1. The van der Waals surface area contributed by atoms with Crippen molar-refractivity contribution < 1.29 is 14.0 Å². The molecule has 3 rings (SSSR count). The molecule has 5 heteroatoms. The number of rotatable bonds is 2. The summed E-state index contributed by atoms with van der Waals surface area (Å²) in [5.74, 6) is -0.421. The second kappa shape index (κ2) is 6.66. The number of nitrogens with one attached hydrogen (secondary N) is 1. The largest absolute Gasteiger partial charge is 0.326 e. The maximum Gasteiger partial charge on any atom is 0.326 e. The Hall–Kier alpha value is -2.95. The number of allylic oxidation sites excluding steroid dienone is 1. The highest BCUT2D eigenvalue weighted by molar-refractivity contribution is 5.96. The number of ketones is 1. The molecular formula is C19H17FN2O2. The molecule has 24 heavy (non-hydrogen) atoms. The molecule has 0 radical (unpaired) electrons. The van der Waals surface area contributed by atoms with Crippen molar-refractivity contribution in [2.75, 3.05) is 5.32 Å². The van der Waals surface area contributed by atoms with Gasteiger partial charge in [-0.3, -0.25) is 9.69 Å². The Kier molecular flexibility index (Phi) is 4.42. The van der Waals surface area contributed by atoms with Crippen LogP contribution in [0.5, 0.6) is 0 Å². The van der Waals surface area contributed by atoms with Gasteiger partial charge >= 0.3 is 6.03 Å². The Bertz CT molecular complexity index is 782. The number of carbonyl (C=O) groups is 2. The third kappa shape index (κ3) is 3.51. The van der Waals surface area contributed by atoms with Gasteiger partial charge in [0.15, 0.2) is 5.78 Å². The molecule has 0 saturated carbocycles. The van der Waals surface area contributed by atoms with E-state index in [0.717, 1.165) is 5.56 Å². The third-order valence-corrected chi connectivity index (χ3v) is 3.94. The number of halogens is 1. The van der Waals surface area contributed by atoms with E-state index in [0.29, 0.717) is 11.3 Å². The lowest BCUT2D eigenvalue weighted by atomic mass is 9.97. The number of benzene rings is 2.